The Morgan fingerprint density at radius 2 is 2.00 bits per heavy atom. The summed E-state index contributed by atoms with van der Waals surface area (Å²) in [6.07, 6.45) is -3.82. The zero-order valence-electron chi connectivity index (χ0n) is 8.55. The van der Waals surface area contributed by atoms with Gasteiger partial charge in [0, 0.05) is 16.1 Å². The van der Waals surface area contributed by atoms with Gasteiger partial charge in [-0.3, -0.25) is 0 Å². The zero-order valence-corrected chi connectivity index (χ0v) is 11.0. The maximum atomic E-state index is 12.2. The van der Waals surface area contributed by atoms with Gasteiger partial charge in [-0.25, -0.2) is 0 Å². The molecule has 1 heterocycles. The summed E-state index contributed by atoms with van der Waals surface area (Å²) < 4.78 is 41.2. The lowest BCUT2D eigenvalue weighted by Gasteiger charge is -2.29. The van der Waals surface area contributed by atoms with E-state index in [0.717, 1.165) is 17.4 Å². The molecule has 0 aromatic heterocycles. The first kappa shape index (κ1) is 14.6. The van der Waals surface area contributed by atoms with E-state index in [0.29, 0.717) is 5.56 Å². The molecule has 0 amide bonds. The van der Waals surface area contributed by atoms with Gasteiger partial charge in [0.05, 0.1) is 0 Å². The fourth-order valence-electron chi connectivity index (χ4n) is 1.56. The molecule has 7 heteroatoms. The minimum absolute atomic E-state index is 0. The van der Waals surface area contributed by atoms with Gasteiger partial charge in [0.25, 0.3) is 0 Å². The molecule has 0 unspecified atom stereocenters. The predicted octanol–water partition coefficient (Wildman–Crippen LogP) is 3.80. The second kappa shape index (κ2) is 5.46. The van der Waals surface area contributed by atoms with Gasteiger partial charge in [-0.05, 0) is 31.2 Å². The van der Waals surface area contributed by atoms with Crippen molar-refractivity contribution in [1.82, 2.24) is 5.32 Å². The molecule has 17 heavy (non-hydrogen) atoms. The predicted molar refractivity (Wildman–Crippen MR) is 63.4 cm³/mol. The Morgan fingerprint density at radius 1 is 1.35 bits per heavy atom. The number of hydrogen-bond acceptors (Lipinski definition) is 2. The molecule has 2 rings (SSSR count). The van der Waals surface area contributed by atoms with Crippen molar-refractivity contribution in [2.24, 2.45) is 0 Å². The van der Waals surface area contributed by atoms with E-state index < -0.39 is 6.36 Å². The highest BCUT2D eigenvalue weighted by atomic mass is 79.9. The molecule has 0 bridgehead atoms. The third-order valence-corrected chi connectivity index (χ3v) is 2.89. The van der Waals surface area contributed by atoms with Crippen molar-refractivity contribution in [3.8, 4) is 5.75 Å². The van der Waals surface area contributed by atoms with Crippen LogP contribution in [-0.2, 0) is 0 Å². The summed E-state index contributed by atoms with van der Waals surface area (Å²) in [5, 5.41) is 3.05. The van der Waals surface area contributed by atoms with Crippen molar-refractivity contribution in [3.63, 3.8) is 0 Å². The molecule has 1 saturated heterocycles. The number of rotatable bonds is 2. The maximum absolute atomic E-state index is 12.2. The van der Waals surface area contributed by atoms with Crippen LogP contribution in [0.5, 0.6) is 5.75 Å². The van der Waals surface area contributed by atoms with Gasteiger partial charge < -0.3 is 10.1 Å². The highest BCUT2D eigenvalue weighted by Gasteiger charge is 2.33. The summed E-state index contributed by atoms with van der Waals surface area (Å²) in [6, 6.07) is 4.46. The molecule has 96 valence electrons. The number of ether oxygens (including phenoxy) is 1. The van der Waals surface area contributed by atoms with Gasteiger partial charge in [0.15, 0.2) is 0 Å². The van der Waals surface area contributed by atoms with Crippen LogP contribution in [0.25, 0.3) is 0 Å². The second-order valence-corrected chi connectivity index (χ2v) is 4.44. The lowest BCUT2D eigenvalue weighted by Crippen LogP contribution is -2.35. The SMILES string of the molecule is Cl.FC(F)(F)Oc1ccc(Br)cc1[C@H]1CCN1. The molecule has 0 spiro atoms. The van der Waals surface area contributed by atoms with E-state index in [4.69, 9.17) is 0 Å². The summed E-state index contributed by atoms with van der Waals surface area (Å²) >= 11 is 3.23. The van der Waals surface area contributed by atoms with Crippen molar-refractivity contribution >= 4 is 28.3 Å². The largest absolute Gasteiger partial charge is 0.573 e. The van der Waals surface area contributed by atoms with Crippen LogP contribution in [-0.4, -0.2) is 12.9 Å². The normalized spacial score (nSPS) is 19.2. The fraction of sp³-hybridized carbons (Fsp3) is 0.400. The Kier molecular flexibility index (Phi) is 4.69. The number of halogens is 5. The average Bonchev–Trinajstić information content (AvgIpc) is 2.04. The van der Waals surface area contributed by atoms with Crippen LogP contribution in [0.1, 0.15) is 18.0 Å². The van der Waals surface area contributed by atoms with Crippen molar-refractivity contribution in [3.05, 3.63) is 28.2 Å². The molecule has 1 N–H and O–H groups in total. The van der Waals surface area contributed by atoms with Gasteiger partial charge in [-0.1, -0.05) is 15.9 Å². The third-order valence-electron chi connectivity index (χ3n) is 2.40. The van der Waals surface area contributed by atoms with Crippen molar-refractivity contribution in [1.29, 1.82) is 0 Å². The number of benzene rings is 1. The van der Waals surface area contributed by atoms with Gasteiger partial charge >= 0.3 is 6.36 Å². The molecule has 1 aromatic carbocycles. The summed E-state index contributed by atoms with van der Waals surface area (Å²) in [4.78, 5) is 0. The molecule has 1 aromatic rings. The van der Waals surface area contributed by atoms with Crippen LogP contribution >= 0.6 is 28.3 Å². The number of hydrogen-bond donors (Lipinski definition) is 1. The third kappa shape index (κ3) is 3.76. The molecule has 0 saturated carbocycles. The first-order valence-corrected chi connectivity index (χ1v) is 5.53. The summed E-state index contributed by atoms with van der Waals surface area (Å²) in [6.45, 7) is 0.822. The van der Waals surface area contributed by atoms with Crippen LogP contribution in [0.3, 0.4) is 0 Å². The Bertz CT molecular complexity index is 396. The molecule has 0 aliphatic carbocycles. The van der Waals surface area contributed by atoms with Gasteiger partial charge in [0.2, 0.25) is 0 Å². The van der Waals surface area contributed by atoms with E-state index in [2.05, 4.69) is 26.0 Å². The zero-order chi connectivity index (χ0) is 11.8. The minimum Gasteiger partial charge on any atom is -0.405 e. The molecular formula is C10H10BrClF3NO. The molecule has 2 nitrogen and oxygen atoms in total. The first-order chi connectivity index (χ1) is 7.46. The topological polar surface area (TPSA) is 21.3 Å². The Hall–Kier alpha value is -0.460. The Labute approximate surface area is 111 Å². The first-order valence-electron chi connectivity index (χ1n) is 4.74. The van der Waals surface area contributed by atoms with Gasteiger partial charge in [0.1, 0.15) is 5.75 Å². The van der Waals surface area contributed by atoms with Gasteiger partial charge in [-0.2, -0.15) is 0 Å². The summed E-state index contributed by atoms with van der Waals surface area (Å²) in [7, 11) is 0. The highest BCUT2D eigenvalue weighted by Crippen LogP contribution is 2.35. The van der Waals surface area contributed by atoms with E-state index in [9.17, 15) is 13.2 Å². The highest BCUT2D eigenvalue weighted by molar-refractivity contribution is 9.10. The van der Waals surface area contributed by atoms with E-state index >= 15 is 0 Å². The van der Waals surface area contributed by atoms with E-state index in [1.165, 1.54) is 12.1 Å². The lowest BCUT2D eigenvalue weighted by molar-refractivity contribution is -0.275. The molecule has 1 aliphatic rings. The van der Waals surface area contributed by atoms with E-state index in [1.54, 1.807) is 6.07 Å². The number of alkyl halides is 3. The molecule has 1 atom stereocenters. The molecular weight excluding hydrogens is 322 g/mol. The summed E-state index contributed by atoms with van der Waals surface area (Å²) in [5.41, 5.74) is 0.540. The molecule has 1 aliphatic heterocycles. The van der Waals surface area contributed by atoms with Crippen molar-refractivity contribution < 1.29 is 17.9 Å². The quantitative estimate of drug-likeness (QED) is 0.889. The average molecular weight is 333 g/mol. The fourth-order valence-corrected chi connectivity index (χ4v) is 1.94. The van der Waals surface area contributed by atoms with Gasteiger partial charge in [-0.15, -0.1) is 25.6 Å². The van der Waals surface area contributed by atoms with Crippen molar-refractivity contribution in [2.75, 3.05) is 6.54 Å². The molecule has 1 fully saturated rings. The smallest absolute Gasteiger partial charge is 0.405 e. The van der Waals surface area contributed by atoms with Crippen molar-refractivity contribution in [2.45, 2.75) is 18.8 Å². The van der Waals surface area contributed by atoms with Crippen LogP contribution in [0.2, 0.25) is 0 Å². The van der Waals surface area contributed by atoms with Crippen LogP contribution < -0.4 is 10.1 Å². The van der Waals surface area contributed by atoms with Crippen LogP contribution in [0.15, 0.2) is 22.7 Å². The van der Waals surface area contributed by atoms with Crippen LogP contribution in [0.4, 0.5) is 13.2 Å². The van der Waals surface area contributed by atoms with Crippen LogP contribution in [0, 0.1) is 0 Å². The number of nitrogens with one attached hydrogen (secondary N) is 1. The minimum atomic E-state index is -4.65. The monoisotopic (exact) mass is 331 g/mol. The summed E-state index contributed by atoms with van der Waals surface area (Å²) in [5.74, 6) is -0.132. The lowest BCUT2D eigenvalue weighted by atomic mass is 9.97. The Balaban J connectivity index is 0.00000144. The standard InChI is InChI=1S/C10H9BrF3NO.ClH/c11-6-1-2-9(16-10(12,13)14)7(5-6)8-3-4-15-8;/h1-2,5,8,15H,3-4H2;1H/t8-;/m1./s1. The second-order valence-electron chi connectivity index (χ2n) is 3.53. The van der Waals surface area contributed by atoms with E-state index in [-0.39, 0.29) is 24.2 Å². The Morgan fingerprint density at radius 3 is 2.47 bits per heavy atom. The van der Waals surface area contributed by atoms with E-state index in [1.807, 2.05) is 0 Å². The maximum Gasteiger partial charge on any atom is 0.573 e. The molecule has 0 radical (unpaired) electrons.